The molecule has 3 N–H and O–H groups in total. The molecule has 0 bridgehead atoms. The van der Waals surface area contributed by atoms with Gasteiger partial charge in [0.15, 0.2) is 5.96 Å². The number of ether oxygens (including phenoxy) is 1. The van der Waals surface area contributed by atoms with Gasteiger partial charge in [0.25, 0.3) is 5.91 Å². The fourth-order valence-corrected chi connectivity index (χ4v) is 5.11. The lowest BCUT2D eigenvalue weighted by atomic mass is 9.86. The van der Waals surface area contributed by atoms with E-state index in [0.717, 1.165) is 36.7 Å². The number of aryl methyl sites for hydroxylation is 1. The van der Waals surface area contributed by atoms with Gasteiger partial charge < -0.3 is 20.7 Å². The third kappa shape index (κ3) is 4.43. The number of aromatic nitrogens is 1. The van der Waals surface area contributed by atoms with Crippen molar-refractivity contribution in [1.82, 2.24) is 20.9 Å². The van der Waals surface area contributed by atoms with E-state index in [9.17, 15) is 4.79 Å². The standard InChI is InChI=1S/C22H29N5O2S/c1-15-19(30-14-26-15)20(28)24-11-12-25-21(23-2)27-17-13-22(9-5-6-10-22)29-18-8-4-3-7-16(17)18/h3-4,7-8,14,17H,5-6,9-13H2,1-2H3,(H,24,28)(H2,23,25,27). The third-order valence-corrected chi connectivity index (χ3v) is 6.83. The largest absolute Gasteiger partial charge is 0.487 e. The summed E-state index contributed by atoms with van der Waals surface area (Å²) in [6.07, 6.45) is 5.59. The molecule has 1 spiro atoms. The van der Waals surface area contributed by atoms with E-state index in [1.165, 1.54) is 29.7 Å². The Morgan fingerprint density at radius 2 is 2.03 bits per heavy atom. The lowest BCUT2D eigenvalue weighted by molar-refractivity contribution is 0.0396. The zero-order valence-electron chi connectivity index (χ0n) is 17.5. The molecule has 1 saturated carbocycles. The lowest BCUT2D eigenvalue weighted by Crippen LogP contribution is -2.47. The van der Waals surface area contributed by atoms with Crippen molar-refractivity contribution in [1.29, 1.82) is 0 Å². The van der Waals surface area contributed by atoms with Gasteiger partial charge in [0.1, 0.15) is 16.2 Å². The number of thiazole rings is 1. The number of nitrogens with one attached hydrogen (secondary N) is 3. The van der Waals surface area contributed by atoms with E-state index in [0.29, 0.717) is 18.0 Å². The molecule has 1 aliphatic heterocycles. The van der Waals surface area contributed by atoms with Crippen molar-refractivity contribution in [2.45, 2.75) is 50.7 Å². The van der Waals surface area contributed by atoms with Crippen molar-refractivity contribution in [3.8, 4) is 5.75 Å². The Hall–Kier alpha value is -2.61. The average molecular weight is 428 g/mol. The molecule has 1 fully saturated rings. The highest BCUT2D eigenvalue weighted by atomic mass is 32.1. The quantitative estimate of drug-likeness (QED) is 0.388. The predicted octanol–water partition coefficient (Wildman–Crippen LogP) is 3.18. The fraction of sp³-hybridized carbons (Fsp3) is 0.500. The highest BCUT2D eigenvalue weighted by Gasteiger charge is 2.43. The van der Waals surface area contributed by atoms with Crippen LogP contribution >= 0.6 is 11.3 Å². The normalized spacial score (nSPS) is 19.8. The second-order valence-electron chi connectivity index (χ2n) is 7.95. The first-order valence-electron chi connectivity index (χ1n) is 10.5. The van der Waals surface area contributed by atoms with Crippen LogP contribution in [0.15, 0.2) is 34.8 Å². The molecule has 2 aromatic rings. The Morgan fingerprint density at radius 3 is 2.77 bits per heavy atom. The van der Waals surface area contributed by atoms with Crippen LogP contribution in [0.3, 0.4) is 0 Å². The number of hydrogen-bond donors (Lipinski definition) is 3. The summed E-state index contributed by atoms with van der Waals surface area (Å²) in [6, 6.07) is 8.42. The lowest BCUT2D eigenvalue weighted by Gasteiger charge is -2.40. The first-order chi connectivity index (χ1) is 14.6. The van der Waals surface area contributed by atoms with Crippen molar-refractivity contribution in [3.63, 3.8) is 0 Å². The second kappa shape index (κ2) is 9.04. The maximum absolute atomic E-state index is 12.2. The van der Waals surface area contributed by atoms with E-state index in [4.69, 9.17) is 4.74 Å². The molecule has 1 atom stereocenters. The van der Waals surface area contributed by atoms with Crippen LogP contribution in [-0.2, 0) is 0 Å². The van der Waals surface area contributed by atoms with E-state index < -0.39 is 0 Å². The summed E-state index contributed by atoms with van der Waals surface area (Å²) >= 11 is 1.36. The Morgan fingerprint density at radius 1 is 1.27 bits per heavy atom. The van der Waals surface area contributed by atoms with Crippen LogP contribution in [0.25, 0.3) is 0 Å². The maximum atomic E-state index is 12.2. The van der Waals surface area contributed by atoms with Gasteiger partial charge in [-0.3, -0.25) is 9.79 Å². The minimum absolute atomic E-state index is 0.0640. The topological polar surface area (TPSA) is 87.6 Å². The number of benzene rings is 1. The molecule has 2 aliphatic rings. The summed E-state index contributed by atoms with van der Waals surface area (Å²) in [6.45, 7) is 2.93. The molecule has 0 saturated heterocycles. The maximum Gasteiger partial charge on any atom is 0.263 e. The Kier molecular flexibility index (Phi) is 6.22. The third-order valence-electron chi connectivity index (χ3n) is 5.90. The molecule has 4 rings (SSSR count). The molecule has 1 aromatic heterocycles. The van der Waals surface area contributed by atoms with E-state index in [-0.39, 0.29) is 17.6 Å². The Bertz CT molecular complexity index is 920. The molecular formula is C22H29N5O2S. The molecule has 1 aliphatic carbocycles. The molecule has 1 amide bonds. The molecule has 7 nitrogen and oxygen atoms in total. The number of carbonyl (C=O) groups is 1. The summed E-state index contributed by atoms with van der Waals surface area (Å²) < 4.78 is 6.44. The van der Waals surface area contributed by atoms with Crippen LogP contribution in [0.2, 0.25) is 0 Å². The van der Waals surface area contributed by atoms with Crippen molar-refractivity contribution in [3.05, 3.63) is 45.9 Å². The van der Waals surface area contributed by atoms with Gasteiger partial charge >= 0.3 is 0 Å². The summed E-state index contributed by atoms with van der Waals surface area (Å²) in [4.78, 5) is 21.4. The number of carbonyl (C=O) groups excluding carboxylic acids is 1. The number of rotatable bonds is 5. The van der Waals surface area contributed by atoms with Crippen LogP contribution in [0.5, 0.6) is 5.75 Å². The van der Waals surface area contributed by atoms with Gasteiger partial charge in [-0.15, -0.1) is 11.3 Å². The number of hydrogen-bond acceptors (Lipinski definition) is 5. The SMILES string of the molecule is CN=C(NCCNC(=O)c1scnc1C)NC1CC2(CCCC2)Oc2ccccc21. The fourth-order valence-electron chi connectivity index (χ4n) is 4.39. The van der Waals surface area contributed by atoms with E-state index in [1.807, 2.05) is 13.0 Å². The molecular weight excluding hydrogens is 398 g/mol. The van der Waals surface area contributed by atoms with Gasteiger partial charge in [-0.25, -0.2) is 4.98 Å². The van der Waals surface area contributed by atoms with Crippen molar-refractivity contribution in [2.75, 3.05) is 20.1 Å². The molecule has 1 unspecified atom stereocenters. The summed E-state index contributed by atoms with van der Waals surface area (Å²) in [5, 5.41) is 9.82. The van der Waals surface area contributed by atoms with E-state index in [1.54, 1.807) is 12.6 Å². The van der Waals surface area contributed by atoms with Crippen LogP contribution < -0.4 is 20.7 Å². The van der Waals surface area contributed by atoms with Gasteiger partial charge in [0, 0.05) is 32.1 Å². The van der Waals surface area contributed by atoms with Gasteiger partial charge in [-0.05, 0) is 38.7 Å². The van der Waals surface area contributed by atoms with Crippen LogP contribution in [0.4, 0.5) is 0 Å². The summed E-state index contributed by atoms with van der Waals surface area (Å²) in [5.41, 5.74) is 3.57. The number of para-hydroxylation sites is 1. The Labute approximate surface area is 181 Å². The molecule has 1 aromatic carbocycles. The summed E-state index contributed by atoms with van der Waals surface area (Å²) in [5.74, 6) is 1.63. The molecule has 0 radical (unpaired) electrons. The van der Waals surface area contributed by atoms with Crippen LogP contribution in [-0.4, -0.2) is 42.6 Å². The van der Waals surface area contributed by atoms with Gasteiger partial charge in [-0.1, -0.05) is 18.2 Å². The van der Waals surface area contributed by atoms with Crippen molar-refractivity contribution >= 4 is 23.2 Å². The molecule has 8 heteroatoms. The number of nitrogens with zero attached hydrogens (tertiary/aromatic N) is 2. The van der Waals surface area contributed by atoms with Gasteiger partial charge in [0.2, 0.25) is 0 Å². The summed E-state index contributed by atoms with van der Waals surface area (Å²) in [7, 11) is 1.77. The minimum atomic E-state index is -0.0821. The molecule has 30 heavy (non-hydrogen) atoms. The number of aliphatic imine (C=N–C) groups is 1. The molecule has 2 heterocycles. The number of amides is 1. The number of guanidine groups is 1. The monoisotopic (exact) mass is 427 g/mol. The zero-order valence-corrected chi connectivity index (χ0v) is 18.3. The molecule has 160 valence electrons. The minimum Gasteiger partial charge on any atom is -0.487 e. The predicted molar refractivity (Wildman–Crippen MR) is 119 cm³/mol. The van der Waals surface area contributed by atoms with Gasteiger partial charge in [0.05, 0.1) is 17.2 Å². The first-order valence-corrected chi connectivity index (χ1v) is 11.4. The van der Waals surface area contributed by atoms with Crippen LogP contribution in [0.1, 0.15) is 59.1 Å². The second-order valence-corrected chi connectivity index (χ2v) is 8.81. The number of fused-ring (bicyclic) bond motifs is 1. The Balaban J connectivity index is 1.34. The van der Waals surface area contributed by atoms with Gasteiger partial charge in [-0.2, -0.15) is 0 Å². The highest BCUT2D eigenvalue weighted by molar-refractivity contribution is 7.11. The van der Waals surface area contributed by atoms with E-state index >= 15 is 0 Å². The average Bonchev–Trinajstić information content (AvgIpc) is 3.38. The van der Waals surface area contributed by atoms with Crippen molar-refractivity contribution < 1.29 is 9.53 Å². The van der Waals surface area contributed by atoms with E-state index in [2.05, 4.69) is 44.1 Å². The van der Waals surface area contributed by atoms with Crippen LogP contribution in [0, 0.1) is 6.92 Å². The van der Waals surface area contributed by atoms with Crippen molar-refractivity contribution in [2.24, 2.45) is 4.99 Å². The highest BCUT2D eigenvalue weighted by Crippen LogP contribution is 2.46. The first kappa shape index (κ1) is 20.7. The smallest absolute Gasteiger partial charge is 0.263 e. The zero-order chi connectivity index (χ0) is 21.0.